The van der Waals surface area contributed by atoms with Crippen molar-refractivity contribution in [3.05, 3.63) is 12.5 Å². The quantitative estimate of drug-likeness (QED) is 0.564. The topological polar surface area (TPSA) is 9.23 Å². The second kappa shape index (κ2) is 3.57. The summed E-state index contributed by atoms with van der Waals surface area (Å²) < 4.78 is 5.78. The maximum atomic E-state index is 5.78. The van der Waals surface area contributed by atoms with Crippen LogP contribution in [0.2, 0.25) is 0 Å². The second-order valence-corrected chi connectivity index (χ2v) is 4.12. The SMILES string of the molecule is CC(C)(C)O[C]1CC[CH]CC1. The van der Waals surface area contributed by atoms with Crippen molar-refractivity contribution in [2.45, 2.75) is 52.1 Å². The van der Waals surface area contributed by atoms with Crippen LogP contribution in [0.5, 0.6) is 0 Å². The van der Waals surface area contributed by atoms with Crippen LogP contribution in [-0.2, 0) is 4.74 Å². The van der Waals surface area contributed by atoms with Crippen LogP contribution < -0.4 is 0 Å². The zero-order chi connectivity index (χ0) is 8.32. The molecule has 1 rings (SSSR count). The highest BCUT2D eigenvalue weighted by Crippen LogP contribution is 2.29. The fraction of sp³-hybridized carbons (Fsp3) is 0.800. The van der Waals surface area contributed by atoms with E-state index in [0.717, 1.165) is 12.8 Å². The van der Waals surface area contributed by atoms with Crippen molar-refractivity contribution < 1.29 is 4.74 Å². The smallest absolute Gasteiger partial charge is 0.0978 e. The van der Waals surface area contributed by atoms with Crippen molar-refractivity contribution in [3.63, 3.8) is 0 Å². The highest BCUT2D eigenvalue weighted by molar-refractivity contribution is 4.90. The lowest BCUT2D eigenvalue weighted by Crippen LogP contribution is -2.23. The van der Waals surface area contributed by atoms with Crippen LogP contribution in [0.25, 0.3) is 0 Å². The average molecular weight is 154 g/mol. The molecule has 1 heteroatoms. The number of hydrogen-bond acceptors (Lipinski definition) is 1. The lowest BCUT2D eigenvalue weighted by Gasteiger charge is -2.28. The van der Waals surface area contributed by atoms with Crippen LogP contribution in [0.15, 0.2) is 0 Å². The van der Waals surface area contributed by atoms with Gasteiger partial charge in [-0.2, -0.15) is 0 Å². The minimum Gasteiger partial charge on any atom is -0.366 e. The Kier molecular flexibility index (Phi) is 2.94. The predicted molar refractivity (Wildman–Crippen MR) is 46.8 cm³/mol. The van der Waals surface area contributed by atoms with Crippen molar-refractivity contribution >= 4 is 0 Å². The molecule has 1 nitrogen and oxygen atoms in total. The van der Waals surface area contributed by atoms with Crippen LogP contribution >= 0.6 is 0 Å². The first-order valence-corrected chi connectivity index (χ1v) is 4.43. The molecule has 0 amide bonds. The summed E-state index contributed by atoms with van der Waals surface area (Å²) in [6.45, 7) is 6.33. The Hall–Kier alpha value is -0.0400. The van der Waals surface area contributed by atoms with E-state index in [4.69, 9.17) is 4.74 Å². The lowest BCUT2D eigenvalue weighted by molar-refractivity contribution is -0.00684. The molecule has 1 aliphatic rings. The molecule has 64 valence electrons. The van der Waals surface area contributed by atoms with E-state index < -0.39 is 0 Å². The second-order valence-electron chi connectivity index (χ2n) is 4.12. The fourth-order valence-corrected chi connectivity index (χ4v) is 1.33. The summed E-state index contributed by atoms with van der Waals surface area (Å²) >= 11 is 0. The standard InChI is InChI=1S/C10H18O/c1-10(2,3)11-9-7-5-4-6-8-9/h4H,5-8H2,1-3H3. The van der Waals surface area contributed by atoms with Gasteiger partial charge in [0.05, 0.1) is 11.7 Å². The molecular formula is C10H18O. The zero-order valence-electron chi connectivity index (χ0n) is 7.81. The van der Waals surface area contributed by atoms with E-state index in [-0.39, 0.29) is 5.60 Å². The van der Waals surface area contributed by atoms with Gasteiger partial charge in [-0.15, -0.1) is 0 Å². The van der Waals surface area contributed by atoms with Crippen molar-refractivity contribution in [1.82, 2.24) is 0 Å². The van der Waals surface area contributed by atoms with E-state index >= 15 is 0 Å². The molecule has 0 N–H and O–H groups in total. The van der Waals surface area contributed by atoms with Gasteiger partial charge in [-0.05, 0) is 52.9 Å². The van der Waals surface area contributed by atoms with Crippen LogP contribution in [0, 0.1) is 12.5 Å². The summed E-state index contributed by atoms with van der Waals surface area (Å²) in [6, 6.07) is 0. The first-order valence-electron chi connectivity index (χ1n) is 4.43. The zero-order valence-corrected chi connectivity index (χ0v) is 7.81. The maximum absolute atomic E-state index is 5.78. The highest BCUT2D eigenvalue weighted by atomic mass is 16.5. The molecule has 0 bridgehead atoms. The largest absolute Gasteiger partial charge is 0.366 e. The molecule has 0 aromatic rings. The van der Waals surface area contributed by atoms with Gasteiger partial charge in [0.1, 0.15) is 0 Å². The molecule has 0 saturated heterocycles. The van der Waals surface area contributed by atoms with Crippen molar-refractivity contribution in [2.75, 3.05) is 0 Å². The van der Waals surface area contributed by atoms with E-state index in [1.807, 2.05) is 0 Å². The Bertz CT molecular complexity index is 107. The molecule has 0 spiro atoms. The number of hydrogen-bond donors (Lipinski definition) is 0. The molecule has 1 fully saturated rings. The normalized spacial score (nSPS) is 22.1. The van der Waals surface area contributed by atoms with Gasteiger partial charge >= 0.3 is 0 Å². The van der Waals surface area contributed by atoms with E-state index in [1.54, 1.807) is 0 Å². The Morgan fingerprint density at radius 2 is 1.73 bits per heavy atom. The van der Waals surface area contributed by atoms with Gasteiger partial charge in [0.25, 0.3) is 0 Å². The molecule has 0 aromatic heterocycles. The van der Waals surface area contributed by atoms with Gasteiger partial charge in [-0.25, -0.2) is 0 Å². The maximum Gasteiger partial charge on any atom is 0.0978 e. The molecule has 0 aliphatic heterocycles. The van der Waals surface area contributed by atoms with Crippen molar-refractivity contribution in [2.24, 2.45) is 0 Å². The number of ether oxygens (including phenoxy) is 1. The highest BCUT2D eigenvalue weighted by Gasteiger charge is 2.21. The van der Waals surface area contributed by atoms with Crippen LogP contribution in [0.4, 0.5) is 0 Å². The summed E-state index contributed by atoms with van der Waals surface area (Å²) in [5.41, 5.74) is 0.00662. The molecular weight excluding hydrogens is 136 g/mol. The molecule has 0 unspecified atom stereocenters. The van der Waals surface area contributed by atoms with E-state index in [2.05, 4.69) is 27.2 Å². The fourth-order valence-electron chi connectivity index (χ4n) is 1.33. The Morgan fingerprint density at radius 1 is 1.18 bits per heavy atom. The summed E-state index contributed by atoms with van der Waals surface area (Å²) in [4.78, 5) is 0. The minimum absolute atomic E-state index is 0.00662. The third-order valence-electron chi connectivity index (χ3n) is 1.71. The van der Waals surface area contributed by atoms with Gasteiger partial charge in [0, 0.05) is 0 Å². The Balaban J connectivity index is 2.24. The summed E-state index contributed by atoms with van der Waals surface area (Å²) in [6.07, 6.45) is 8.31. The molecule has 2 radical (unpaired) electrons. The lowest BCUT2D eigenvalue weighted by atomic mass is 9.97. The van der Waals surface area contributed by atoms with Gasteiger partial charge in [-0.1, -0.05) is 0 Å². The summed E-state index contributed by atoms with van der Waals surface area (Å²) in [5, 5.41) is 0. The van der Waals surface area contributed by atoms with Crippen molar-refractivity contribution in [1.29, 1.82) is 0 Å². The predicted octanol–water partition coefficient (Wildman–Crippen LogP) is 3.11. The van der Waals surface area contributed by atoms with Crippen LogP contribution in [0.3, 0.4) is 0 Å². The van der Waals surface area contributed by atoms with Gasteiger partial charge in [-0.3, -0.25) is 0 Å². The minimum atomic E-state index is 0.00662. The van der Waals surface area contributed by atoms with E-state index in [9.17, 15) is 0 Å². The molecule has 11 heavy (non-hydrogen) atoms. The molecule has 0 aromatic carbocycles. The van der Waals surface area contributed by atoms with E-state index in [0.29, 0.717) is 0 Å². The van der Waals surface area contributed by atoms with Gasteiger partial charge in [0.2, 0.25) is 0 Å². The monoisotopic (exact) mass is 154 g/mol. The van der Waals surface area contributed by atoms with Gasteiger partial charge < -0.3 is 4.74 Å². The first-order chi connectivity index (χ1) is 5.08. The van der Waals surface area contributed by atoms with Crippen LogP contribution in [0.1, 0.15) is 46.5 Å². The molecule has 1 saturated carbocycles. The Labute approximate surface area is 70.1 Å². The molecule has 0 heterocycles. The van der Waals surface area contributed by atoms with Crippen LogP contribution in [-0.4, -0.2) is 5.60 Å². The first kappa shape index (κ1) is 9.05. The molecule has 0 atom stereocenters. The summed E-state index contributed by atoms with van der Waals surface area (Å²) in [5.74, 6) is 0. The van der Waals surface area contributed by atoms with Crippen molar-refractivity contribution in [3.8, 4) is 0 Å². The third-order valence-corrected chi connectivity index (χ3v) is 1.71. The summed E-state index contributed by atoms with van der Waals surface area (Å²) in [7, 11) is 0. The average Bonchev–Trinajstić information content (AvgIpc) is 1.85. The van der Waals surface area contributed by atoms with Gasteiger partial charge in [0.15, 0.2) is 0 Å². The third kappa shape index (κ3) is 3.76. The molecule has 1 aliphatic carbocycles. The van der Waals surface area contributed by atoms with E-state index in [1.165, 1.54) is 18.9 Å². The Morgan fingerprint density at radius 3 is 2.18 bits per heavy atom. The number of rotatable bonds is 1.